The van der Waals surface area contributed by atoms with Crippen molar-refractivity contribution < 1.29 is 32.2 Å². The van der Waals surface area contributed by atoms with Gasteiger partial charge in [0.25, 0.3) is 0 Å². The summed E-state index contributed by atoms with van der Waals surface area (Å²) in [5, 5.41) is 2.81. The lowest BCUT2D eigenvalue weighted by Gasteiger charge is -2.18. The molecule has 0 radical (unpaired) electrons. The second-order valence-corrected chi connectivity index (χ2v) is 10.0. The number of ether oxygens (including phenoxy) is 2. The first kappa shape index (κ1) is 30.2. The molecule has 0 saturated heterocycles. The Morgan fingerprint density at radius 3 is 2.44 bits per heavy atom. The maximum atomic E-state index is 13.8. The summed E-state index contributed by atoms with van der Waals surface area (Å²) in [6, 6.07) is 17.8. The minimum absolute atomic E-state index is 0.167. The second kappa shape index (κ2) is 13.7. The number of amides is 1. The first-order chi connectivity index (χ1) is 19.7. The van der Waals surface area contributed by atoms with Crippen LogP contribution in [0, 0.1) is 0 Å². The third kappa shape index (κ3) is 7.91. The molecule has 0 fully saturated rings. The van der Waals surface area contributed by atoms with Crippen LogP contribution in [-0.2, 0) is 22.3 Å². The molecular formula is C32H31ClF3NO4. The Balaban J connectivity index is 1.80. The highest BCUT2D eigenvalue weighted by Crippen LogP contribution is 2.45. The average molecular weight is 586 g/mol. The van der Waals surface area contributed by atoms with Gasteiger partial charge in [0.1, 0.15) is 12.4 Å². The Bertz CT molecular complexity index is 1420. The van der Waals surface area contributed by atoms with Crippen LogP contribution >= 0.6 is 11.6 Å². The van der Waals surface area contributed by atoms with Gasteiger partial charge >= 0.3 is 12.1 Å². The Morgan fingerprint density at radius 2 is 1.73 bits per heavy atom. The summed E-state index contributed by atoms with van der Waals surface area (Å²) in [6.45, 7) is 2.05. The van der Waals surface area contributed by atoms with E-state index >= 15 is 0 Å². The summed E-state index contributed by atoms with van der Waals surface area (Å²) < 4.78 is 52.6. The molecule has 0 aliphatic heterocycles. The van der Waals surface area contributed by atoms with E-state index in [1.165, 1.54) is 12.1 Å². The van der Waals surface area contributed by atoms with E-state index in [1.54, 1.807) is 19.1 Å². The van der Waals surface area contributed by atoms with Gasteiger partial charge in [0.15, 0.2) is 0 Å². The Kier molecular flexibility index (Phi) is 10.1. The fraction of sp³-hybridized carbons (Fsp3) is 0.312. The van der Waals surface area contributed by atoms with E-state index in [0.29, 0.717) is 59.7 Å². The molecule has 0 aromatic heterocycles. The second-order valence-electron chi connectivity index (χ2n) is 9.65. The highest BCUT2D eigenvalue weighted by atomic mass is 35.5. The minimum Gasteiger partial charge on any atom is -0.488 e. The third-order valence-electron chi connectivity index (χ3n) is 6.70. The van der Waals surface area contributed by atoms with Crippen LogP contribution in [-0.4, -0.2) is 24.4 Å². The van der Waals surface area contributed by atoms with Gasteiger partial charge in [-0.3, -0.25) is 4.79 Å². The number of benzene rings is 3. The van der Waals surface area contributed by atoms with Crippen molar-refractivity contribution in [1.82, 2.24) is 0 Å². The largest absolute Gasteiger partial charge is 0.488 e. The summed E-state index contributed by atoms with van der Waals surface area (Å²) in [5.41, 5.74) is 3.23. The fourth-order valence-corrected chi connectivity index (χ4v) is 4.95. The van der Waals surface area contributed by atoms with E-state index in [-0.39, 0.29) is 31.1 Å². The van der Waals surface area contributed by atoms with Crippen molar-refractivity contribution in [2.24, 2.45) is 0 Å². The van der Waals surface area contributed by atoms with Crippen LogP contribution in [0.5, 0.6) is 5.75 Å². The number of alkyl halides is 4. The molecule has 3 aromatic rings. The number of esters is 1. The number of carbonyl (C=O) groups is 2. The number of allylic oxidation sites excluding steroid dienone is 2. The van der Waals surface area contributed by atoms with E-state index in [9.17, 15) is 22.8 Å². The highest BCUT2D eigenvalue weighted by molar-refractivity contribution is 6.18. The van der Waals surface area contributed by atoms with Gasteiger partial charge in [0.05, 0.1) is 17.7 Å². The molecule has 0 bridgehead atoms. The van der Waals surface area contributed by atoms with Crippen LogP contribution in [0.3, 0.4) is 0 Å². The molecule has 9 heteroatoms. The SMILES string of the molecule is CCOC(=O)c1cc(NC(=O)CCCCl)cc(C2=C(c3cc(C(F)(F)F)ccc3OCc3ccccc3)CCC2)c1. The molecule has 1 N–H and O–H groups in total. The minimum atomic E-state index is -4.53. The summed E-state index contributed by atoms with van der Waals surface area (Å²) >= 11 is 5.72. The standard InChI is InChI=1S/C32H31ClF3NO4/c1-2-40-31(39)23-16-22(17-25(18-23)37-30(38)12-7-15-33)26-10-6-11-27(26)28-19-24(32(34,35)36)13-14-29(28)41-20-21-8-4-3-5-9-21/h3-5,8-9,13-14,16-19H,2,6-7,10-12,15,20H2,1H3,(H,37,38). The fourth-order valence-electron chi connectivity index (χ4n) is 4.82. The zero-order chi connectivity index (χ0) is 29.4. The Hall–Kier alpha value is -3.78. The number of halogens is 4. The van der Waals surface area contributed by atoms with Crippen LogP contribution in [0.1, 0.15) is 71.6 Å². The molecule has 5 nitrogen and oxygen atoms in total. The summed E-state index contributed by atoms with van der Waals surface area (Å²) in [7, 11) is 0. The molecule has 0 atom stereocenters. The van der Waals surface area contributed by atoms with E-state index in [1.807, 2.05) is 30.3 Å². The molecule has 0 spiro atoms. The normalized spacial score (nSPS) is 13.3. The van der Waals surface area contributed by atoms with Gasteiger partial charge in [-0.2, -0.15) is 13.2 Å². The molecule has 1 aliphatic rings. The average Bonchev–Trinajstić information content (AvgIpc) is 3.45. The lowest BCUT2D eigenvalue weighted by atomic mass is 9.93. The third-order valence-corrected chi connectivity index (χ3v) is 6.97. The van der Waals surface area contributed by atoms with E-state index < -0.39 is 17.7 Å². The van der Waals surface area contributed by atoms with Crippen molar-refractivity contribution in [2.45, 2.75) is 51.8 Å². The predicted molar refractivity (Wildman–Crippen MR) is 154 cm³/mol. The van der Waals surface area contributed by atoms with Crippen molar-refractivity contribution in [3.05, 3.63) is 94.5 Å². The molecule has 0 heterocycles. The van der Waals surface area contributed by atoms with Crippen LogP contribution in [0.15, 0.2) is 66.7 Å². The lowest BCUT2D eigenvalue weighted by molar-refractivity contribution is -0.137. The van der Waals surface area contributed by atoms with Crippen molar-refractivity contribution >= 4 is 40.3 Å². The van der Waals surface area contributed by atoms with Gasteiger partial charge < -0.3 is 14.8 Å². The topological polar surface area (TPSA) is 64.6 Å². The predicted octanol–water partition coefficient (Wildman–Crippen LogP) is 8.51. The highest BCUT2D eigenvalue weighted by Gasteiger charge is 2.32. The summed E-state index contributed by atoms with van der Waals surface area (Å²) in [4.78, 5) is 25.1. The van der Waals surface area contributed by atoms with Gasteiger partial charge in [-0.1, -0.05) is 30.3 Å². The van der Waals surface area contributed by atoms with E-state index in [2.05, 4.69) is 5.32 Å². The first-order valence-corrected chi connectivity index (χ1v) is 14.0. The maximum absolute atomic E-state index is 13.8. The summed E-state index contributed by atoms with van der Waals surface area (Å²) in [6.07, 6.45) is -2.01. The van der Waals surface area contributed by atoms with Crippen molar-refractivity contribution in [3.63, 3.8) is 0 Å². The molecule has 0 unspecified atom stereocenters. The van der Waals surface area contributed by atoms with Crippen LogP contribution in [0.4, 0.5) is 18.9 Å². The van der Waals surface area contributed by atoms with E-state index in [4.69, 9.17) is 21.1 Å². The Labute approximate surface area is 242 Å². The number of anilines is 1. The zero-order valence-electron chi connectivity index (χ0n) is 22.7. The number of carbonyl (C=O) groups excluding carboxylic acids is 2. The van der Waals surface area contributed by atoms with Crippen molar-refractivity contribution in [2.75, 3.05) is 17.8 Å². The monoisotopic (exact) mass is 585 g/mol. The van der Waals surface area contributed by atoms with Crippen LogP contribution in [0.2, 0.25) is 0 Å². The smallest absolute Gasteiger partial charge is 0.416 e. The van der Waals surface area contributed by atoms with Gasteiger partial charge in [-0.05, 0) is 91.3 Å². The zero-order valence-corrected chi connectivity index (χ0v) is 23.4. The molecule has 1 aliphatic carbocycles. The first-order valence-electron chi connectivity index (χ1n) is 13.5. The van der Waals surface area contributed by atoms with Gasteiger partial charge in [0.2, 0.25) is 5.91 Å². The maximum Gasteiger partial charge on any atom is 0.416 e. The van der Waals surface area contributed by atoms with Crippen molar-refractivity contribution in [1.29, 1.82) is 0 Å². The van der Waals surface area contributed by atoms with E-state index in [0.717, 1.165) is 23.3 Å². The van der Waals surface area contributed by atoms with Crippen LogP contribution < -0.4 is 10.1 Å². The molecule has 0 saturated carbocycles. The molecule has 216 valence electrons. The molecule has 41 heavy (non-hydrogen) atoms. The van der Waals surface area contributed by atoms with Crippen LogP contribution in [0.25, 0.3) is 11.1 Å². The number of hydrogen-bond donors (Lipinski definition) is 1. The number of hydrogen-bond acceptors (Lipinski definition) is 4. The number of nitrogens with one attached hydrogen (secondary N) is 1. The van der Waals surface area contributed by atoms with Gasteiger partial charge in [-0.15, -0.1) is 11.6 Å². The molecular weight excluding hydrogens is 555 g/mol. The van der Waals surface area contributed by atoms with Crippen molar-refractivity contribution in [3.8, 4) is 5.75 Å². The van der Waals surface area contributed by atoms with Gasteiger partial charge in [-0.25, -0.2) is 4.79 Å². The molecule has 3 aromatic carbocycles. The van der Waals surface area contributed by atoms with Gasteiger partial charge in [0, 0.05) is 23.6 Å². The quantitative estimate of drug-likeness (QED) is 0.181. The Morgan fingerprint density at radius 1 is 0.976 bits per heavy atom. The number of rotatable bonds is 11. The molecule has 4 rings (SSSR count). The lowest BCUT2D eigenvalue weighted by Crippen LogP contribution is -2.13. The summed E-state index contributed by atoms with van der Waals surface area (Å²) in [5.74, 6) is -0.138. The molecule has 1 amide bonds.